The second-order valence-electron chi connectivity index (χ2n) is 7.17. The third-order valence-electron chi connectivity index (χ3n) is 4.89. The minimum absolute atomic E-state index is 0.505. The van der Waals surface area contributed by atoms with Gasteiger partial charge in [0, 0.05) is 47.8 Å². The molecule has 154 valence electrons. The number of rotatable bonds is 7. The Labute approximate surface area is 181 Å². The van der Waals surface area contributed by atoms with Gasteiger partial charge in [-0.15, -0.1) is 0 Å². The van der Waals surface area contributed by atoms with Crippen LogP contribution < -0.4 is 16.4 Å². The summed E-state index contributed by atoms with van der Waals surface area (Å²) < 4.78 is 0. The number of aryl methyl sites for hydroxylation is 1. The summed E-state index contributed by atoms with van der Waals surface area (Å²) in [5.74, 6) is 0.535. The molecule has 0 amide bonds. The van der Waals surface area contributed by atoms with E-state index in [9.17, 15) is 0 Å². The monoisotopic (exact) mass is 408 g/mol. The van der Waals surface area contributed by atoms with Gasteiger partial charge in [0.25, 0.3) is 0 Å². The van der Waals surface area contributed by atoms with Gasteiger partial charge < -0.3 is 16.4 Å². The summed E-state index contributed by atoms with van der Waals surface area (Å²) in [7, 11) is 0. The molecule has 2 aromatic heterocycles. The van der Waals surface area contributed by atoms with Crippen LogP contribution in [-0.4, -0.2) is 15.0 Å². The summed E-state index contributed by atoms with van der Waals surface area (Å²) in [6.45, 7) is 6.70. The van der Waals surface area contributed by atoms with Crippen molar-refractivity contribution in [2.24, 2.45) is 5.73 Å². The predicted molar refractivity (Wildman–Crippen MR) is 127 cm³/mol. The molecule has 2 heterocycles. The third kappa shape index (κ3) is 4.94. The molecule has 4 aromatic rings. The lowest BCUT2D eigenvalue weighted by molar-refractivity contribution is 1.07. The molecule has 0 aliphatic heterocycles. The molecular formula is C25H24N6. The summed E-state index contributed by atoms with van der Waals surface area (Å²) in [5, 5.41) is 6.67. The van der Waals surface area contributed by atoms with Crippen LogP contribution in [0, 0.1) is 6.92 Å². The third-order valence-corrected chi connectivity index (χ3v) is 4.89. The van der Waals surface area contributed by atoms with Gasteiger partial charge in [0.05, 0.1) is 5.69 Å². The molecule has 0 radical (unpaired) electrons. The van der Waals surface area contributed by atoms with Gasteiger partial charge >= 0.3 is 0 Å². The van der Waals surface area contributed by atoms with E-state index in [4.69, 9.17) is 5.73 Å². The van der Waals surface area contributed by atoms with Gasteiger partial charge in [-0.05, 0) is 66.1 Å². The highest BCUT2D eigenvalue weighted by Crippen LogP contribution is 2.25. The van der Waals surface area contributed by atoms with Gasteiger partial charge in [-0.3, -0.25) is 4.98 Å². The number of nitrogens with zero attached hydrogens (tertiary/aromatic N) is 3. The Morgan fingerprint density at radius 1 is 1.03 bits per heavy atom. The standard InChI is InChI=1S/C25H24N6/c1-17-13-22(29-18(2)20-6-3-5-19(14-20)15-26)8-9-23(17)30-25-28-12-10-24(31-25)21-7-4-11-27-16-21/h3-14,16,29H,2,15,26H2,1H3,(H,28,30,31). The first-order valence-corrected chi connectivity index (χ1v) is 9.99. The number of hydrogen-bond donors (Lipinski definition) is 3. The average molecular weight is 409 g/mol. The summed E-state index contributed by atoms with van der Waals surface area (Å²) in [6, 6.07) is 19.9. The van der Waals surface area contributed by atoms with Crippen molar-refractivity contribution in [2.75, 3.05) is 10.6 Å². The lowest BCUT2D eigenvalue weighted by Gasteiger charge is -2.14. The summed E-state index contributed by atoms with van der Waals surface area (Å²) in [6.07, 6.45) is 5.27. The van der Waals surface area contributed by atoms with E-state index >= 15 is 0 Å². The molecule has 0 fully saturated rings. The second kappa shape index (κ2) is 9.19. The van der Waals surface area contributed by atoms with E-state index in [0.29, 0.717) is 12.5 Å². The number of nitrogens with two attached hydrogens (primary N) is 1. The first kappa shape index (κ1) is 20.3. The molecule has 0 spiro atoms. The summed E-state index contributed by atoms with van der Waals surface area (Å²) >= 11 is 0. The predicted octanol–water partition coefficient (Wildman–Crippen LogP) is 5.13. The van der Waals surface area contributed by atoms with Gasteiger partial charge in [0.15, 0.2) is 0 Å². The number of pyridine rings is 1. The van der Waals surface area contributed by atoms with E-state index in [-0.39, 0.29) is 0 Å². The molecule has 4 N–H and O–H groups in total. The molecule has 6 heteroatoms. The van der Waals surface area contributed by atoms with Crippen molar-refractivity contribution in [3.05, 3.63) is 103 Å². The van der Waals surface area contributed by atoms with E-state index in [2.05, 4.69) is 38.2 Å². The van der Waals surface area contributed by atoms with Gasteiger partial charge in [0.1, 0.15) is 0 Å². The Morgan fingerprint density at radius 3 is 2.71 bits per heavy atom. The lowest BCUT2D eigenvalue weighted by atomic mass is 10.1. The minimum atomic E-state index is 0.505. The number of nitrogens with one attached hydrogen (secondary N) is 2. The van der Waals surface area contributed by atoms with Crippen LogP contribution in [0.3, 0.4) is 0 Å². The van der Waals surface area contributed by atoms with Crippen molar-refractivity contribution in [3.8, 4) is 11.3 Å². The summed E-state index contributed by atoms with van der Waals surface area (Å²) in [5.41, 5.74) is 13.4. The maximum absolute atomic E-state index is 5.74. The van der Waals surface area contributed by atoms with Crippen molar-refractivity contribution < 1.29 is 0 Å². The van der Waals surface area contributed by atoms with E-state index in [1.165, 1.54) is 0 Å². The lowest BCUT2D eigenvalue weighted by Crippen LogP contribution is -2.02. The topological polar surface area (TPSA) is 88.8 Å². The summed E-state index contributed by atoms with van der Waals surface area (Å²) in [4.78, 5) is 13.1. The maximum Gasteiger partial charge on any atom is 0.227 e. The van der Waals surface area contributed by atoms with E-state index in [0.717, 1.165) is 45.0 Å². The molecule has 0 saturated heterocycles. The Balaban J connectivity index is 1.48. The van der Waals surface area contributed by atoms with Crippen LogP contribution in [0.4, 0.5) is 17.3 Å². The van der Waals surface area contributed by atoms with Crippen LogP contribution in [0.25, 0.3) is 17.0 Å². The minimum Gasteiger partial charge on any atom is -0.356 e. The van der Waals surface area contributed by atoms with Crippen molar-refractivity contribution in [2.45, 2.75) is 13.5 Å². The molecule has 0 aliphatic carbocycles. The molecule has 0 atom stereocenters. The zero-order valence-electron chi connectivity index (χ0n) is 17.3. The van der Waals surface area contributed by atoms with Gasteiger partial charge in [-0.1, -0.05) is 24.8 Å². The van der Waals surface area contributed by atoms with Crippen molar-refractivity contribution in [1.82, 2.24) is 15.0 Å². The zero-order chi connectivity index (χ0) is 21.6. The Morgan fingerprint density at radius 2 is 1.94 bits per heavy atom. The first-order chi connectivity index (χ1) is 15.1. The molecule has 6 nitrogen and oxygen atoms in total. The molecule has 0 saturated carbocycles. The highest BCUT2D eigenvalue weighted by atomic mass is 15.1. The first-order valence-electron chi connectivity index (χ1n) is 9.99. The quantitative estimate of drug-likeness (QED) is 0.393. The highest BCUT2D eigenvalue weighted by molar-refractivity contribution is 5.77. The highest BCUT2D eigenvalue weighted by Gasteiger charge is 2.07. The van der Waals surface area contributed by atoms with E-state index < -0.39 is 0 Å². The molecule has 0 unspecified atom stereocenters. The van der Waals surface area contributed by atoms with Crippen LogP contribution in [0.1, 0.15) is 16.7 Å². The van der Waals surface area contributed by atoms with Crippen molar-refractivity contribution in [3.63, 3.8) is 0 Å². The normalized spacial score (nSPS) is 10.5. The van der Waals surface area contributed by atoms with E-state index in [1.807, 2.05) is 61.5 Å². The number of hydrogen-bond acceptors (Lipinski definition) is 6. The average Bonchev–Trinajstić information content (AvgIpc) is 2.81. The van der Waals surface area contributed by atoms with Crippen LogP contribution in [0.5, 0.6) is 0 Å². The fraction of sp³-hybridized carbons (Fsp3) is 0.0800. The molecular weight excluding hydrogens is 384 g/mol. The van der Waals surface area contributed by atoms with Crippen LogP contribution >= 0.6 is 0 Å². The largest absolute Gasteiger partial charge is 0.356 e. The molecule has 4 rings (SSSR count). The molecule has 2 aromatic carbocycles. The molecule has 0 bridgehead atoms. The fourth-order valence-electron chi connectivity index (χ4n) is 3.23. The van der Waals surface area contributed by atoms with Gasteiger partial charge in [0.2, 0.25) is 5.95 Å². The van der Waals surface area contributed by atoms with E-state index in [1.54, 1.807) is 18.6 Å². The molecule has 31 heavy (non-hydrogen) atoms. The Bertz CT molecular complexity index is 1200. The zero-order valence-corrected chi connectivity index (χ0v) is 17.3. The van der Waals surface area contributed by atoms with Crippen LogP contribution in [0.15, 0.2) is 85.8 Å². The Kier molecular flexibility index (Phi) is 6.01. The SMILES string of the molecule is C=C(Nc1ccc(Nc2nccc(-c3cccnc3)n2)c(C)c1)c1cccc(CN)c1. The van der Waals surface area contributed by atoms with Crippen LogP contribution in [0.2, 0.25) is 0 Å². The van der Waals surface area contributed by atoms with Crippen molar-refractivity contribution in [1.29, 1.82) is 0 Å². The number of anilines is 3. The number of benzene rings is 2. The number of aromatic nitrogens is 3. The Hall–Kier alpha value is -4.03. The molecule has 0 aliphatic rings. The smallest absolute Gasteiger partial charge is 0.227 e. The maximum atomic E-state index is 5.74. The van der Waals surface area contributed by atoms with Crippen LogP contribution in [-0.2, 0) is 6.54 Å². The second-order valence-corrected chi connectivity index (χ2v) is 7.17. The van der Waals surface area contributed by atoms with Gasteiger partial charge in [-0.2, -0.15) is 0 Å². The van der Waals surface area contributed by atoms with Gasteiger partial charge in [-0.25, -0.2) is 9.97 Å². The van der Waals surface area contributed by atoms with Crippen molar-refractivity contribution >= 4 is 23.0 Å². The fourth-order valence-corrected chi connectivity index (χ4v) is 3.23.